The predicted octanol–water partition coefficient (Wildman–Crippen LogP) is 9.06. The zero-order valence-corrected chi connectivity index (χ0v) is 36.5. The molecule has 1 aliphatic rings. The number of unbranched alkanes of at least 4 members (excludes halogenated alkanes) is 24. The molecule has 1 saturated heterocycles. The molecule has 0 aromatic carbocycles. The van der Waals surface area contributed by atoms with Gasteiger partial charge in [0.1, 0.15) is 36.8 Å². The Bertz CT molecular complexity index is 1120. The van der Waals surface area contributed by atoms with Crippen molar-refractivity contribution < 1.29 is 56.8 Å². The lowest BCUT2D eigenvalue weighted by atomic mass is 10.00. The molecule has 0 radical (unpaired) electrons. The Morgan fingerprint density at radius 1 is 0.579 bits per heavy atom. The SMILES string of the molecule is CCCCCCCCC/C=C\CCCCCCCC(=O)OC(COC(=O)CCCCCCCCCCCCCCC)COC1OC(CS(=O)(=O)O)C(O)C(O)C1O. The van der Waals surface area contributed by atoms with E-state index in [1.54, 1.807) is 0 Å². The van der Waals surface area contributed by atoms with Crippen LogP contribution in [0.4, 0.5) is 0 Å². The Hall–Kier alpha value is -1.61. The van der Waals surface area contributed by atoms with Crippen LogP contribution in [0.25, 0.3) is 0 Å². The van der Waals surface area contributed by atoms with Crippen molar-refractivity contribution in [2.24, 2.45) is 0 Å². The Labute approximate surface area is 346 Å². The van der Waals surface area contributed by atoms with Crippen LogP contribution in [-0.2, 0) is 38.7 Å². The molecule has 1 fully saturated rings. The van der Waals surface area contributed by atoms with E-state index in [2.05, 4.69) is 26.0 Å². The van der Waals surface area contributed by atoms with E-state index >= 15 is 0 Å². The number of carbonyl (C=O) groups is 2. The molecule has 12 nitrogen and oxygen atoms in total. The first-order chi connectivity index (χ1) is 27.5. The van der Waals surface area contributed by atoms with Crippen LogP contribution in [-0.4, -0.2) is 96.0 Å². The van der Waals surface area contributed by atoms with Crippen LogP contribution in [0.15, 0.2) is 12.2 Å². The van der Waals surface area contributed by atoms with Crippen molar-refractivity contribution >= 4 is 22.1 Å². The summed E-state index contributed by atoms with van der Waals surface area (Å²) >= 11 is 0. The normalized spacial score (nSPS) is 20.6. The highest BCUT2D eigenvalue weighted by molar-refractivity contribution is 7.85. The second-order valence-corrected chi connectivity index (χ2v) is 17.6. The second kappa shape index (κ2) is 35.2. The molecule has 0 aromatic rings. The maximum absolute atomic E-state index is 12.8. The molecule has 1 heterocycles. The number of ether oxygens (including phenoxy) is 4. The number of rotatable bonds is 38. The van der Waals surface area contributed by atoms with E-state index in [9.17, 15) is 37.9 Å². The minimum absolute atomic E-state index is 0.158. The van der Waals surface area contributed by atoms with Crippen molar-refractivity contribution in [3.05, 3.63) is 12.2 Å². The molecular weight excluding hydrogens is 753 g/mol. The molecule has 0 amide bonds. The van der Waals surface area contributed by atoms with Gasteiger partial charge in [-0.3, -0.25) is 14.1 Å². The zero-order chi connectivity index (χ0) is 42.0. The first-order valence-electron chi connectivity index (χ1n) is 22.7. The zero-order valence-electron chi connectivity index (χ0n) is 35.7. The van der Waals surface area contributed by atoms with Gasteiger partial charge in [-0.15, -0.1) is 0 Å². The maximum atomic E-state index is 12.8. The molecule has 6 unspecified atom stereocenters. The predicted molar refractivity (Wildman–Crippen MR) is 224 cm³/mol. The largest absolute Gasteiger partial charge is 0.462 e. The Morgan fingerprint density at radius 2 is 1.00 bits per heavy atom. The van der Waals surface area contributed by atoms with E-state index in [4.69, 9.17) is 18.9 Å². The summed E-state index contributed by atoms with van der Waals surface area (Å²) in [6, 6.07) is 0. The van der Waals surface area contributed by atoms with Crippen LogP contribution in [0.3, 0.4) is 0 Å². The average molecular weight is 835 g/mol. The molecule has 336 valence electrons. The fourth-order valence-electron chi connectivity index (χ4n) is 7.02. The van der Waals surface area contributed by atoms with Crippen molar-refractivity contribution in [1.82, 2.24) is 0 Å². The molecular formula is C44H82O12S. The monoisotopic (exact) mass is 835 g/mol. The molecule has 0 saturated carbocycles. The lowest BCUT2D eigenvalue weighted by Crippen LogP contribution is -2.60. The van der Waals surface area contributed by atoms with Gasteiger partial charge in [-0.25, -0.2) is 0 Å². The van der Waals surface area contributed by atoms with E-state index in [1.807, 2.05) is 0 Å². The van der Waals surface area contributed by atoms with Gasteiger partial charge in [-0.05, 0) is 38.5 Å². The summed E-state index contributed by atoms with van der Waals surface area (Å²) in [5, 5.41) is 30.9. The highest BCUT2D eigenvalue weighted by Gasteiger charge is 2.46. The number of esters is 2. The maximum Gasteiger partial charge on any atom is 0.306 e. The van der Waals surface area contributed by atoms with Crippen molar-refractivity contribution in [3.8, 4) is 0 Å². The molecule has 57 heavy (non-hydrogen) atoms. The number of hydrogen-bond acceptors (Lipinski definition) is 11. The van der Waals surface area contributed by atoms with Crippen LogP contribution >= 0.6 is 0 Å². The van der Waals surface area contributed by atoms with Gasteiger partial charge in [-0.2, -0.15) is 8.42 Å². The van der Waals surface area contributed by atoms with Gasteiger partial charge in [0.15, 0.2) is 12.4 Å². The summed E-state index contributed by atoms with van der Waals surface area (Å²) in [5.41, 5.74) is 0. The smallest absolute Gasteiger partial charge is 0.306 e. The Kier molecular flexibility index (Phi) is 33.0. The summed E-state index contributed by atoms with van der Waals surface area (Å²) in [6.45, 7) is 3.76. The second-order valence-electron chi connectivity index (χ2n) is 16.1. The molecule has 1 aliphatic heterocycles. The lowest BCUT2D eigenvalue weighted by Gasteiger charge is -2.40. The Balaban J connectivity index is 2.45. The average Bonchev–Trinajstić information content (AvgIpc) is 3.17. The van der Waals surface area contributed by atoms with Gasteiger partial charge < -0.3 is 34.3 Å². The number of hydrogen-bond donors (Lipinski definition) is 4. The summed E-state index contributed by atoms with van der Waals surface area (Å²) < 4.78 is 54.0. The van der Waals surface area contributed by atoms with Gasteiger partial charge in [0.2, 0.25) is 0 Å². The third-order valence-corrected chi connectivity index (χ3v) is 11.3. The first kappa shape index (κ1) is 53.4. The summed E-state index contributed by atoms with van der Waals surface area (Å²) in [6.07, 6.45) is 26.8. The molecule has 6 atom stereocenters. The van der Waals surface area contributed by atoms with E-state index in [0.717, 1.165) is 57.8 Å². The number of allylic oxidation sites excluding steroid dienone is 2. The molecule has 0 spiro atoms. The number of carbonyl (C=O) groups excluding carboxylic acids is 2. The van der Waals surface area contributed by atoms with Gasteiger partial charge in [-0.1, -0.05) is 161 Å². The van der Waals surface area contributed by atoms with Crippen LogP contribution in [0.2, 0.25) is 0 Å². The quantitative estimate of drug-likeness (QED) is 0.0200. The molecule has 0 aromatic heterocycles. The van der Waals surface area contributed by atoms with Crippen molar-refractivity contribution in [2.45, 2.75) is 237 Å². The summed E-state index contributed by atoms with van der Waals surface area (Å²) in [5.74, 6) is -1.98. The third kappa shape index (κ3) is 30.1. The third-order valence-electron chi connectivity index (χ3n) is 10.6. The number of aliphatic hydroxyl groups excluding tert-OH is 3. The van der Waals surface area contributed by atoms with Crippen molar-refractivity contribution in [2.75, 3.05) is 19.0 Å². The topological polar surface area (TPSA) is 186 Å². The van der Waals surface area contributed by atoms with E-state index in [-0.39, 0.29) is 19.4 Å². The fraction of sp³-hybridized carbons (Fsp3) is 0.909. The van der Waals surface area contributed by atoms with E-state index in [0.29, 0.717) is 12.8 Å². The standard InChI is InChI=1S/C44H82O12S/c1-3-5-7-9-11-13-15-17-18-19-21-23-25-27-29-31-33-40(46)55-37(35-54-44-43(49)42(48)41(47)38(56-44)36-57(50,51)52)34-53-39(45)32-30-28-26-24-22-20-16-14-12-10-8-6-4-2/h18-19,37-38,41-44,47-49H,3-17,20-36H2,1-2H3,(H,50,51,52)/b19-18-. The highest BCUT2D eigenvalue weighted by atomic mass is 32.2. The summed E-state index contributed by atoms with van der Waals surface area (Å²) in [7, 11) is -4.60. The van der Waals surface area contributed by atoms with E-state index in [1.165, 1.54) is 103 Å². The van der Waals surface area contributed by atoms with Crippen molar-refractivity contribution in [1.29, 1.82) is 0 Å². The summed E-state index contributed by atoms with van der Waals surface area (Å²) in [4.78, 5) is 25.4. The minimum Gasteiger partial charge on any atom is -0.462 e. The highest BCUT2D eigenvalue weighted by Crippen LogP contribution is 2.24. The van der Waals surface area contributed by atoms with Gasteiger partial charge in [0, 0.05) is 12.8 Å². The fourth-order valence-corrected chi connectivity index (χ4v) is 7.72. The molecule has 4 N–H and O–H groups in total. The van der Waals surface area contributed by atoms with Gasteiger partial charge >= 0.3 is 11.9 Å². The van der Waals surface area contributed by atoms with Crippen LogP contribution < -0.4 is 0 Å². The van der Waals surface area contributed by atoms with Gasteiger partial charge in [0.05, 0.1) is 6.61 Å². The first-order valence-corrected chi connectivity index (χ1v) is 24.4. The lowest BCUT2D eigenvalue weighted by molar-refractivity contribution is -0.297. The Morgan fingerprint density at radius 3 is 1.46 bits per heavy atom. The molecule has 0 aliphatic carbocycles. The minimum atomic E-state index is -4.60. The van der Waals surface area contributed by atoms with Crippen molar-refractivity contribution in [3.63, 3.8) is 0 Å². The molecule has 1 rings (SSSR count). The van der Waals surface area contributed by atoms with Crippen LogP contribution in [0, 0.1) is 0 Å². The molecule has 13 heteroatoms. The van der Waals surface area contributed by atoms with Crippen LogP contribution in [0.1, 0.15) is 200 Å². The molecule has 0 bridgehead atoms. The van der Waals surface area contributed by atoms with Crippen LogP contribution in [0.5, 0.6) is 0 Å². The van der Waals surface area contributed by atoms with Gasteiger partial charge in [0.25, 0.3) is 10.1 Å². The van der Waals surface area contributed by atoms with E-state index < -0.39 is 71.2 Å². The number of aliphatic hydroxyl groups is 3.